The van der Waals surface area contributed by atoms with E-state index in [1.807, 2.05) is 39.1 Å². The summed E-state index contributed by atoms with van der Waals surface area (Å²) in [7, 11) is 0. The molecule has 0 radical (unpaired) electrons. The van der Waals surface area contributed by atoms with Gasteiger partial charge in [-0.25, -0.2) is 4.98 Å². The smallest absolute Gasteiger partial charge is 0.280 e. The fraction of sp³-hybridized carbons (Fsp3) is 0.476. The summed E-state index contributed by atoms with van der Waals surface area (Å²) in [6.45, 7) is 10.5. The van der Waals surface area contributed by atoms with Crippen LogP contribution < -0.4 is 4.90 Å². The predicted octanol–water partition coefficient (Wildman–Crippen LogP) is 4.01. The van der Waals surface area contributed by atoms with Crippen LogP contribution in [0.15, 0.2) is 24.4 Å². The number of ether oxygens (including phenoxy) is 1. The first-order valence-corrected chi connectivity index (χ1v) is 11.4. The first kappa shape index (κ1) is 21.2. The molecule has 1 saturated heterocycles. The van der Waals surface area contributed by atoms with Crippen molar-refractivity contribution in [3.63, 3.8) is 0 Å². The van der Waals surface area contributed by atoms with E-state index in [1.165, 1.54) is 11.3 Å². The van der Waals surface area contributed by atoms with Crippen molar-refractivity contribution in [3.8, 4) is 0 Å². The summed E-state index contributed by atoms with van der Waals surface area (Å²) in [4.78, 5) is 22.3. The summed E-state index contributed by atoms with van der Waals surface area (Å²) in [6, 6.07) is 5.81. The topological polar surface area (TPSA) is 63.5 Å². The number of halogens is 1. The Morgan fingerprint density at radius 2 is 2.07 bits per heavy atom. The molecule has 4 rings (SSSR count). The molecule has 30 heavy (non-hydrogen) atoms. The fourth-order valence-electron chi connectivity index (χ4n) is 3.43. The number of hydrogen-bond acceptors (Lipinski definition) is 6. The maximum atomic E-state index is 13.4. The summed E-state index contributed by atoms with van der Waals surface area (Å²) < 4.78 is 8.26. The maximum Gasteiger partial charge on any atom is 0.280 e. The van der Waals surface area contributed by atoms with Crippen LogP contribution in [0, 0.1) is 6.92 Å². The number of amides is 1. The molecule has 9 heteroatoms. The van der Waals surface area contributed by atoms with E-state index in [4.69, 9.17) is 21.3 Å². The van der Waals surface area contributed by atoms with Crippen molar-refractivity contribution in [2.24, 2.45) is 0 Å². The van der Waals surface area contributed by atoms with Crippen molar-refractivity contribution >= 4 is 44.2 Å². The Labute approximate surface area is 185 Å². The number of morpholine rings is 1. The lowest BCUT2D eigenvalue weighted by atomic mass is 10.2. The van der Waals surface area contributed by atoms with Crippen LogP contribution in [0.3, 0.4) is 0 Å². The number of rotatable bonds is 6. The summed E-state index contributed by atoms with van der Waals surface area (Å²) in [5, 5.41) is 5.84. The van der Waals surface area contributed by atoms with Crippen LogP contribution in [-0.2, 0) is 4.74 Å². The molecule has 1 aliphatic rings. The van der Waals surface area contributed by atoms with E-state index in [2.05, 4.69) is 10.00 Å². The molecule has 1 aliphatic heterocycles. The summed E-state index contributed by atoms with van der Waals surface area (Å²) >= 11 is 7.79. The minimum Gasteiger partial charge on any atom is -0.379 e. The zero-order chi connectivity index (χ0) is 21.3. The minimum atomic E-state index is -0.134. The lowest BCUT2D eigenvalue weighted by molar-refractivity contribution is 0.0391. The Morgan fingerprint density at radius 1 is 1.30 bits per heavy atom. The third kappa shape index (κ3) is 4.37. The Balaban J connectivity index is 1.65. The largest absolute Gasteiger partial charge is 0.379 e. The Bertz CT molecular complexity index is 1040. The molecular weight excluding hydrogens is 422 g/mol. The maximum absolute atomic E-state index is 13.4. The van der Waals surface area contributed by atoms with Crippen LogP contribution in [0.5, 0.6) is 0 Å². The number of benzene rings is 1. The molecule has 1 fully saturated rings. The van der Waals surface area contributed by atoms with Gasteiger partial charge in [-0.2, -0.15) is 5.10 Å². The molecule has 0 spiro atoms. The molecule has 7 nitrogen and oxygen atoms in total. The van der Waals surface area contributed by atoms with Gasteiger partial charge in [-0.3, -0.25) is 19.3 Å². The molecule has 0 N–H and O–H groups in total. The van der Waals surface area contributed by atoms with E-state index in [0.29, 0.717) is 22.4 Å². The zero-order valence-corrected chi connectivity index (χ0v) is 19.0. The van der Waals surface area contributed by atoms with Crippen LogP contribution >= 0.6 is 22.9 Å². The number of fused-ring (bicyclic) bond motifs is 1. The van der Waals surface area contributed by atoms with Crippen molar-refractivity contribution < 1.29 is 9.53 Å². The number of aromatic nitrogens is 3. The average molecular weight is 448 g/mol. The summed E-state index contributed by atoms with van der Waals surface area (Å²) in [5.74, 6) is -0.134. The number of carbonyl (C=O) groups excluding carboxylic acids is 1. The molecule has 0 saturated carbocycles. The molecule has 1 amide bonds. The zero-order valence-electron chi connectivity index (χ0n) is 17.5. The van der Waals surface area contributed by atoms with Gasteiger partial charge in [0.1, 0.15) is 0 Å². The second kappa shape index (κ2) is 9.01. The van der Waals surface area contributed by atoms with Gasteiger partial charge in [0, 0.05) is 43.4 Å². The second-order valence-corrected chi connectivity index (χ2v) is 9.12. The van der Waals surface area contributed by atoms with Crippen molar-refractivity contribution in [2.45, 2.75) is 26.8 Å². The molecule has 0 unspecified atom stereocenters. The first-order chi connectivity index (χ1) is 14.4. The molecule has 160 valence electrons. The van der Waals surface area contributed by atoms with E-state index >= 15 is 0 Å². The van der Waals surface area contributed by atoms with E-state index < -0.39 is 0 Å². The molecule has 1 aromatic carbocycles. The number of nitrogens with zero attached hydrogens (tertiary/aromatic N) is 5. The third-order valence-electron chi connectivity index (χ3n) is 5.31. The first-order valence-electron chi connectivity index (χ1n) is 10.2. The van der Waals surface area contributed by atoms with Gasteiger partial charge in [-0.05, 0) is 44.5 Å². The highest BCUT2D eigenvalue weighted by Crippen LogP contribution is 2.34. The molecule has 0 aliphatic carbocycles. The SMILES string of the molecule is Cc1c(Cl)ccc2sc(N(CCN3CCOCC3)C(=O)c3ccn(C(C)C)n3)nc12. The lowest BCUT2D eigenvalue weighted by Crippen LogP contribution is -2.43. The highest BCUT2D eigenvalue weighted by atomic mass is 35.5. The molecule has 3 aromatic rings. The molecule has 0 bridgehead atoms. The number of hydrogen-bond donors (Lipinski definition) is 0. The quantitative estimate of drug-likeness (QED) is 0.571. The van der Waals surface area contributed by atoms with Crippen LogP contribution in [0.4, 0.5) is 5.13 Å². The average Bonchev–Trinajstić information content (AvgIpc) is 3.40. The van der Waals surface area contributed by atoms with Crippen molar-refractivity contribution in [1.29, 1.82) is 0 Å². The summed E-state index contributed by atoms with van der Waals surface area (Å²) in [6.07, 6.45) is 1.85. The number of carbonyl (C=O) groups is 1. The predicted molar refractivity (Wildman–Crippen MR) is 121 cm³/mol. The minimum absolute atomic E-state index is 0.134. The Hall–Kier alpha value is -2.00. The normalized spacial score (nSPS) is 15.2. The van der Waals surface area contributed by atoms with Gasteiger partial charge in [0.2, 0.25) is 0 Å². The van der Waals surface area contributed by atoms with E-state index in [1.54, 1.807) is 15.6 Å². The number of anilines is 1. The van der Waals surface area contributed by atoms with Gasteiger partial charge >= 0.3 is 0 Å². The van der Waals surface area contributed by atoms with Crippen molar-refractivity contribution in [1.82, 2.24) is 19.7 Å². The van der Waals surface area contributed by atoms with Crippen LogP contribution in [0.1, 0.15) is 35.9 Å². The van der Waals surface area contributed by atoms with Gasteiger partial charge in [0.25, 0.3) is 5.91 Å². The van der Waals surface area contributed by atoms with Gasteiger partial charge < -0.3 is 4.74 Å². The molecule has 2 aromatic heterocycles. The standard InChI is InChI=1S/C21H26ClN5O2S/c1-14(2)27-7-6-17(24-27)20(28)26(9-8-25-10-12-29-13-11-25)21-23-19-15(3)16(22)4-5-18(19)30-21/h4-7,14H,8-13H2,1-3H3. The van der Waals surface area contributed by atoms with Gasteiger partial charge in [-0.15, -0.1) is 0 Å². The molecule has 0 atom stereocenters. The van der Waals surface area contributed by atoms with Gasteiger partial charge in [0.15, 0.2) is 10.8 Å². The van der Waals surface area contributed by atoms with E-state index in [9.17, 15) is 4.79 Å². The van der Waals surface area contributed by atoms with Crippen LogP contribution in [0.25, 0.3) is 10.2 Å². The second-order valence-electron chi connectivity index (χ2n) is 7.70. The van der Waals surface area contributed by atoms with Crippen molar-refractivity contribution in [2.75, 3.05) is 44.3 Å². The lowest BCUT2D eigenvalue weighted by Gasteiger charge is -2.29. The Kier molecular flexibility index (Phi) is 6.38. The van der Waals surface area contributed by atoms with Gasteiger partial charge in [-0.1, -0.05) is 22.9 Å². The summed E-state index contributed by atoms with van der Waals surface area (Å²) in [5.41, 5.74) is 2.21. The van der Waals surface area contributed by atoms with Crippen molar-refractivity contribution in [3.05, 3.63) is 40.7 Å². The number of thiazole rings is 1. The Morgan fingerprint density at radius 3 is 2.77 bits per heavy atom. The van der Waals surface area contributed by atoms with Crippen LogP contribution in [-0.4, -0.2) is 65.0 Å². The van der Waals surface area contributed by atoms with Crippen LogP contribution in [0.2, 0.25) is 5.02 Å². The highest BCUT2D eigenvalue weighted by molar-refractivity contribution is 7.22. The number of aryl methyl sites for hydroxylation is 1. The highest BCUT2D eigenvalue weighted by Gasteiger charge is 2.25. The van der Waals surface area contributed by atoms with E-state index in [0.717, 1.165) is 48.6 Å². The monoisotopic (exact) mass is 447 g/mol. The van der Waals surface area contributed by atoms with E-state index in [-0.39, 0.29) is 11.9 Å². The molecular formula is C21H26ClN5O2S. The van der Waals surface area contributed by atoms with Gasteiger partial charge in [0.05, 0.1) is 23.4 Å². The third-order valence-corrected chi connectivity index (χ3v) is 6.77. The fourth-order valence-corrected chi connectivity index (χ4v) is 4.63. The molecule has 3 heterocycles.